The fraction of sp³-hybridized carbons (Fsp3) is 0.0606. The van der Waals surface area contributed by atoms with Crippen molar-refractivity contribution in [1.82, 2.24) is 0 Å². The fourth-order valence-corrected chi connectivity index (χ4v) is 9.68. The van der Waals surface area contributed by atoms with Gasteiger partial charge in [-0.2, -0.15) is 0 Å². The average molecular weight is 873 g/mol. The Balaban J connectivity index is 0.824. The number of hydrogen-bond donors (Lipinski definition) is 0. The van der Waals surface area contributed by atoms with Crippen LogP contribution < -0.4 is 9.80 Å². The molecule has 1 atom stereocenters. The van der Waals surface area contributed by atoms with Crippen molar-refractivity contribution in [3.63, 3.8) is 0 Å². The second kappa shape index (κ2) is 19.6. The largest absolute Gasteiger partial charge is 0.334 e. The molecule has 0 aliphatic heterocycles. The Kier molecular flexibility index (Phi) is 12.1. The summed E-state index contributed by atoms with van der Waals surface area (Å²) in [5.41, 5.74) is 20.4. The van der Waals surface area contributed by atoms with Crippen LogP contribution in [-0.4, -0.2) is 6.04 Å². The van der Waals surface area contributed by atoms with Crippen LogP contribution in [0.25, 0.3) is 66.8 Å². The normalized spacial score (nSPS) is 14.1. The highest BCUT2D eigenvalue weighted by molar-refractivity contribution is 5.81. The molecule has 2 aliphatic carbocycles. The van der Waals surface area contributed by atoms with Gasteiger partial charge in [0.25, 0.3) is 0 Å². The van der Waals surface area contributed by atoms with Gasteiger partial charge in [0, 0.05) is 28.4 Å². The van der Waals surface area contributed by atoms with Crippen LogP contribution in [0.5, 0.6) is 0 Å². The summed E-state index contributed by atoms with van der Waals surface area (Å²) in [5.74, 6) is 0. The maximum atomic E-state index is 2.46. The summed E-state index contributed by atoms with van der Waals surface area (Å²) in [7, 11) is 0. The topological polar surface area (TPSA) is 6.48 Å². The smallest absolute Gasteiger partial charge is 0.0559 e. The van der Waals surface area contributed by atoms with Gasteiger partial charge >= 0.3 is 0 Å². The van der Waals surface area contributed by atoms with E-state index in [2.05, 4.69) is 283 Å². The molecule has 0 spiro atoms. The molecule has 326 valence electrons. The molecular weight excluding hydrogens is 821 g/mol. The third-order valence-electron chi connectivity index (χ3n) is 13.2. The maximum Gasteiger partial charge on any atom is 0.0559 e. The minimum atomic E-state index is 0.234. The molecule has 2 heteroatoms. The van der Waals surface area contributed by atoms with E-state index in [4.69, 9.17) is 0 Å². The van der Waals surface area contributed by atoms with E-state index in [0.717, 1.165) is 24.9 Å². The molecule has 2 aliphatic rings. The van der Waals surface area contributed by atoms with Crippen molar-refractivity contribution in [2.45, 2.75) is 25.3 Å². The van der Waals surface area contributed by atoms with Crippen LogP contribution in [0.4, 0.5) is 22.7 Å². The Morgan fingerprint density at radius 2 is 0.676 bits per heavy atom. The Morgan fingerprint density at radius 1 is 0.309 bits per heavy atom. The van der Waals surface area contributed by atoms with Gasteiger partial charge in [0.1, 0.15) is 0 Å². The molecule has 9 aromatic carbocycles. The van der Waals surface area contributed by atoms with E-state index in [1.165, 1.54) is 89.5 Å². The van der Waals surface area contributed by atoms with Crippen molar-refractivity contribution in [3.05, 3.63) is 279 Å². The number of hydrogen-bond acceptors (Lipinski definition) is 2. The summed E-state index contributed by atoms with van der Waals surface area (Å²) in [4.78, 5) is 4.86. The van der Waals surface area contributed by atoms with E-state index in [9.17, 15) is 0 Å². The Hall–Kier alpha value is -8.46. The first-order chi connectivity index (χ1) is 33.7. The SMILES string of the molecule is C1=CCCC(N(c2ccc(-c3ccccc3)cc2)c2ccc(-c3cccc(-c4cccc(-c5cccc(-c6ccc(N(c7ccc(-c8ccccc8)cc7)C7C=CC=CC7)cc6)c5)c4)c3)cc2)=C1. The minimum absolute atomic E-state index is 0.234. The highest BCUT2D eigenvalue weighted by Crippen LogP contribution is 2.38. The first-order valence-electron chi connectivity index (χ1n) is 23.8. The average Bonchev–Trinajstić information content (AvgIpc) is 3.43. The predicted molar refractivity (Wildman–Crippen MR) is 289 cm³/mol. The molecule has 2 nitrogen and oxygen atoms in total. The molecule has 0 saturated carbocycles. The third-order valence-corrected chi connectivity index (χ3v) is 13.2. The Morgan fingerprint density at radius 3 is 1.06 bits per heavy atom. The second-order valence-electron chi connectivity index (χ2n) is 17.6. The Labute approximate surface area is 401 Å². The lowest BCUT2D eigenvalue weighted by Gasteiger charge is -2.33. The van der Waals surface area contributed by atoms with Crippen LogP contribution in [0.1, 0.15) is 19.3 Å². The molecule has 0 bridgehead atoms. The molecule has 0 heterocycles. The van der Waals surface area contributed by atoms with Crippen LogP contribution in [0.15, 0.2) is 279 Å². The summed E-state index contributed by atoms with van der Waals surface area (Å²) in [6.45, 7) is 0. The van der Waals surface area contributed by atoms with Crippen molar-refractivity contribution in [1.29, 1.82) is 0 Å². The predicted octanol–water partition coefficient (Wildman–Crippen LogP) is 18.1. The van der Waals surface area contributed by atoms with Crippen molar-refractivity contribution in [3.8, 4) is 66.8 Å². The van der Waals surface area contributed by atoms with Gasteiger partial charge in [-0.25, -0.2) is 0 Å². The standard InChI is InChI=1S/C66H52N2/c1-5-16-49(17-6-1)51-30-38-63(39-31-51)67(61-26-9-3-10-27-61)65-42-34-53(35-43-65)55-20-13-22-57(46-55)59-24-15-25-60(48-59)58-23-14-21-56(47-58)54-36-44-66(45-37-54)68(62-28-11-4-12-29-62)64-40-32-52(33-41-64)50-18-7-2-8-19-50/h1-11,13-26,28,30-48,61H,12,27,29H2. The van der Waals surface area contributed by atoms with Crippen molar-refractivity contribution in [2.24, 2.45) is 0 Å². The molecule has 0 aromatic heterocycles. The summed E-state index contributed by atoms with van der Waals surface area (Å²) < 4.78 is 0. The van der Waals surface area contributed by atoms with E-state index < -0.39 is 0 Å². The van der Waals surface area contributed by atoms with Gasteiger partial charge in [-0.3, -0.25) is 0 Å². The van der Waals surface area contributed by atoms with Gasteiger partial charge in [-0.05, 0) is 159 Å². The van der Waals surface area contributed by atoms with Gasteiger partial charge in [0.05, 0.1) is 6.04 Å². The van der Waals surface area contributed by atoms with Crippen molar-refractivity contribution < 1.29 is 0 Å². The lowest BCUT2D eigenvalue weighted by molar-refractivity contribution is 0.785. The van der Waals surface area contributed by atoms with Gasteiger partial charge in [-0.1, -0.05) is 200 Å². The zero-order valence-corrected chi connectivity index (χ0v) is 38.1. The molecule has 0 fully saturated rings. The summed E-state index contributed by atoms with van der Waals surface area (Å²) >= 11 is 0. The Bertz CT molecular complexity index is 3270. The van der Waals surface area contributed by atoms with Crippen molar-refractivity contribution in [2.75, 3.05) is 9.80 Å². The van der Waals surface area contributed by atoms with E-state index in [1.807, 2.05) is 0 Å². The number of nitrogens with zero attached hydrogens (tertiary/aromatic N) is 2. The lowest BCUT2D eigenvalue weighted by Crippen LogP contribution is -2.29. The number of benzene rings is 9. The molecule has 11 rings (SSSR count). The van der Waals surface area contributed by atoms with Crippen LogP contribution >= 0.6 is 0 Å². The monoisotopic (exact) mass is 872 g/mol. The van der Waals surface area contributed by atoms with Gasteiger partial charge in [-0.15, -0.1) is 0 Å². The van der Waals surface area contributed by atoms with Crippen molar-refractivity contribution >= 4 is 22.7 Å². The summed E-state index contributed by atoms with van der Waals surface area (Å²) in [6.07, 6.45) is 18.6. The maximum absolute atomic E-state index is 2.46. The zero-order chi connectivity index (χ0) is 45.5. The first-order valence-corrected chi connectivity index (χ1v) is 23.8. The summed E-state index contributed by atoms with van der Waals surface area (Å²) in [5, 5.41) is 0. The van der Waals surface area contributed by atoms with Crippen LogP contribution in [-0.2, 0) is 0 Å². The number of rotatable bonds is 12. The minimum Gasteiger partial charge on any atom is -0.334 e. The molecule has 0 radical (unpaired) electrons. The molecular formula is C66H52N2. The second-order valence-corrected chi connectivity index (χ2v) is 17.6. The molecule has 68 heavy (non-hydrogen) atoms. The van der Waals surface area contributed by atoms with E-state index in [0.29, 0.717) is 0 Å². The third kappa shape index (κ3) is 9.18. The fourth-order valence-electron chi connectivity index (χ4n) is 9.68. The highest BCUT2D eigenvalue weighted by Gasteiger charge is 2.20. The molecule has 0 saturated heterocycles. The number of anilines is 4. The molecule has 9 aromatic rings. The molecule has 0 N–H and O–H groups in total. The van der Waals surface area contributed by atoms with E-state index >= 15 is 0 Å². The van der Waals surface area contributed by atoms with Gasteiger partial charge in [0.2, 0.25) is 0 Å². The summed E-state index contributed by atoms with van der Waals surface area (Å²) in [6, 6.07) is 84.3. The quantitative estimate of drug-likeness (QED) is 0.121. The van der Waals surface area contributed by atoms with E-state index in [-0.39, 0.29) is 6.04 Å². The van der Waals surface area contributed by atoms with Crippen LogP contribution in [0.3, 0.4) is 0 Å². The number of allylic oxidation sites excluding steroid dienone is 6. The molecule has 1 unspecified atom stereocenters. The van der Waals surface area contributed by atoms with Gasteiger partial charge < -0.3 is 9.80 Å². The lowest BCUT2D eigenvalue weighted by atomic mass is 9.94. The van der Waals surface area contributed by atoms with Gasteiger partial charge in [0.15, 0.2) is 0 Å². The zero-order valence-electron chi connectivity index (χ0n) is 38.1. The molecule has 0 amide bonds. The van der Waals surface area contributed by atoms with Crippen LogP contribution in [0.2, 0.25) is 0 Å². The highest BCUT2D eigenvalue weighted by atomic mass is 15.2. The first kappa shape index (κ1) is 42.2. The van der Waals surface area contributed by atoms with E-state index in [1.54, 1.807) is 0 Å². The van der Waals surface area contributed by atoms with Crippen LogP contribution in [0, 0.1) is 0 Å².